The van der Waals surface area contributed by atoms with E-state index in [1.807, 2.05) is 0 Å². The molecule has 2 nitrogen and oxygen atoms in total. The second kappa shape index (κ2) is 15.6. The van der Waals surface area contributed by atoms with Crippen molar-refractivity contribution in [3.63, 3.8) is 0 Å². The van der Waals surface area contributed by atoms with Crippen molar-refractivity contribution in [2.45, 2.75) is 5.41 Å². The first-order chi connectivity index (χ1) is 34.2. The molecule has 11 aromatic carbocycles. The maximum absolute atomic E-state index is 2.51. The molecule has 69 heavy (non-hydrogen) atoms. The van der Waals surface area contributed by atoms with Gasteiger partial charge in [-0.1, -0.05) is 182 Å². The first kappa shape index (κ1) is 39.2. The van der Waals surface area contributed by atoms with Gasteiger partial charge in [-0.3, -0.25) is 0 Å². The van der Waals surface area contributed by atoms with Crippen LogP contribution in [0.25, 0.3) is 83.1 Å². The van der Waals surface area contributed by atoms with Gasteiger partial charge in [-0.25, -0.2) is 0 Å². The van der Waals surface area contributed by atoms with E-state index in [2.05, 4.69) is 276 Å². The van der Waals surface area contributed by atoms with Gasteiger partial charge in [0.1, 0.15) is 0 Å². The number of fused-ring (bicyclic) bond motifs is 13. The average Bonchev–Trinajstić information content (AvgIpc) is 4.04. The van der Waals surface area contributed by atoms with Gasteiger partial charge in [0.05, 0.1) is 16.4 Å². The van der Waals surface area contributed by atoms with E-state index >= 15 is 0 Å². The molecule has 2 heteroatoms. The summed E-state index contributed by atoms with van der Waals surface area (Å²) in [5, 5.41) is 2.49. The second-order valence-corrected chi connectivity index (χ2v) is 18.4. The molecule has 14 rings (SSSR count). The zero-order valence-corrected chi connectivity index (χ0v) is 37.8. The number of nitrogens with zero attached hydrogens (tertiary/aromatic N) is 2. The summed E-state index contributed by atoms with van der Waals surface area (Å²) >= 11 is 0. The average molecular weight is 877 g/mol. The summed E-state index contributed by atoms with van der Waals surface area (Å²) in [6.07, 6.45) is 0. The molecule has 0 N–H and O–H groups in total. The number of hydrogen-bond acceptors (Lipinski definition) is 1. The minimum atomic E-state index is -0.431. The zero-order chi connectivity index (χ0) is 45.5. The zero-order valence-electron chi connectivity index (χ0n) is 37.8. The van der Waals surface area contributed by atoms with Crippen LogP contribution in [0, 0.1) is 0 Å². The van der Waals surface area contributed by atoms with Crippen LogP contribution in [-0.2, 0) is 5.41 Å². The fraction of sp³-hybridized carbons (Fsp3) is 0.0149. The van der Waals surface area contributed by atoms with E-state index in [9.17, 15) is 0 Å². The van der Waals surface area contributed by atoms with Crippen LogP contribution in [0.15, 0.2) is 267 Å². The largest absolute Gasteiger partial charge is 0.311 e. The Hall–Kier alpha value is -8.98. The van der Waals surface area contributed by atoms with Gasteiger partial charge in [0.15, 0.2) is 0 Å². The normalized spacial score (nSPS) is 12.8. The summed E-state index contributed by atoms with van der Waals surface area (Å²) in [7, 11) is 0. The smallest absolute Gasteiger partial charge is 0.0725 e. The third-order valence-electron chi connectivity index (χ3n) is 14.8. The van der Waals surface area contributed by atoms with E-state index < -0.39 is 5.41 Å². The Labute approximate surface area is 402 Å². The lowest BCUT2D eigenvalue weighted by Gasteiger charge is -2.30. The minimum absolute atomic E-state index is 0.431. The highest BCUT2D eigenvalue weighted by Crippen LogP contribution is 2.63. The molecule has 0 aliphatic heterocycles. The Morgan fingerprint density at radius 2 is 0.725 bits per heavy atom. The maximum atomic E-state index is 2.51. The predicted molar refractivity (Wildman–Crippen MR) is 288 cm³/mol. The molecule has 0 atom stereocenters. The quantitative estimate of drug-likeness (QED) is 0.155. The molecule has 0 saturated carbocycles. The van der Waals surface area contributed by atoms with Crippen LogP contribution in [0.4, 0.5) is 17.1 Å². The lowest BCUT2D eigenvalue weighted by molar-refractivity contribution is 0.794. The number of rotatable bonds is 7. The van der Waals surface area contributed by atoms with Crippen LogP contribution in [0.3, 0.4) is 0 Å². The van der Waals surface area contributed by atoms with Crippen LogP contribution >= 0.6 is 0 Å². The van der Waals surface area contributed by atoms with Gasteiger partial charge >= 0.3 is 0 Å². The monoisotopic (exact) mass is 876 g/mol. The first-order valence-electron chi connectivity index (χ1n) is 23.9. The topological polar surface area (TPSA) is 8.17 Å². The number of para-hydroxylation sites is 4. The fourth-order valence-corrected chi connectivity index (χ4v) is 11.9. The van der Waals surface area contributed by atoms with Gasteiger partial charge in [0, 0.05) is 33.5 Å². The lowest BCUT2D eigenvalue weighted by Crippen LogP contribution is -2.25. The highest BCUT2D eigenvalue weighted by Gasteiger charge is 2.51. The number of aromatic nitrogens is 1. The van der Waals surface area contributed by atoms with Gasteiger partial charge in [-0.15, -0.1) is 0 Å². The number of anilines is 3. The van der Waals surface area contributed by atoms with Gasteiger partial charge in [0.25, 0.3) is 0 Å². The van der Waals surface area contributed by atoms with Crippen molar-refractivity contribution in [3.8, 4) is 61.3 Å². The third kappa shape index (κ3) is 5.92. The van der Waals surface area contributed by atoms with E-state index in [4.69, 9.17) is 0 Å². The van der Waals surface area contributed by atoms with Crippen LogP contribution in [0.5, 0.6) is 0 Å². The van der Waals surface area contributed by atoms with E-state index in [1.165, 1.54) is 94.1 Å². The molecule has 2 aliphatic carbocycles. The van der Waals surface area contributed by atoms with E-state index in [-0.39, 0.29) is 0 Å². The Kier molecular flexibility index (Phi) is 8.84. The fourth-order valence-electron chi connectivity index (χ4n) is 11.9. The molecule has 1 heterocycles. The molecule has 1 spiro atoms. The van der Waals surface area contributed by atoms with Crippen molar-refractivity contribution in [1.29, 1.82) is 0 Å². The summed E-state index contributed by atoms with van der Waals surface area (Å²) in [5.74, 6) is 0. The Morgan fingerprint density at radius 1 is 0.275 bits per heavy atom. The Bertz CT molecular complexity index is 3840. The molecule has 322 valence electrons. The highest BCUT2D eigenvalue weighted by atomic mass is 15.1. The standard InChI is InChI=1S/C67H44N2/c1-4-19-50(20-5-1)68(51-21-6-2-7-22-51)53-38-35-45(36-39-53)47-41-48(43-49(42-47)54-29-18-34-65-66(54)59-28-13-17-33-64(59)69(65)52-23-8-3-9-24-52)46-37-40-58-57-27-12-16-32-62(57)67(63(58)44-46)60-30-14-10-25-55(60)56-26-11-15-31-61(56)67/h1-44H. The molecule has 0 fully saturated rings. The molecule has 2 aliphatic rings. The summed E-state index contributed by atoms with van der Waals surface area (Å²) in [6, 6.07) is 98.5. The molecular weight excluding hydrogens is 833 g/mol. The SMILES string of the molecule is c1ccc(N(c2ccccc2)c2ccc(-c3cc(-c4ccc5c(c4)C4(c6ccccc6-c6ccccc64)c4ccccc4-5)cc(-c4cccc5c4c4ccccc4n5-c4ccccc4)c3)cc2)cc1. The summed E-state index contributed by atoms with van der Waals surface area (Å²) in [6.45, 7) is 0. The van der Waals surface area contributed by atoms with Gasteiger partial charge in [0.2, 0.25) is 0 Å². The van der Waals surface area contributed by atoms with Gasteiger partial charge in [-0.05, 0) is 163 Å². The van der Waals surface area contributed by atoms with E-state index in [0.717, 1.165) is 28.3 Å². The second-order valence-electron chi connectivity index (χ2n) is 18.4. The summed E-state index contributed by atoms with van der Waals surface area (Å²) in [4.78, 5) is 2.33. The van der Waals surface area contributed by atoms with E-state index in [0.29, 0.717) is 0 Å². The Morgan fingerprint density at radius 3 is 1.35 bits per heavy atom. The Balaban J connectivity index is 0.995. The van der Waals surface area contributed by atoms with Crippen molar-refractivity contribution in [2.24, 2.45) is 0 Å². The molecule has 0 unspecified atom stereocenters. The van der Waals surface area contributed by atoms with Crippen LogP contribution in [-0.4, -0.2) is 4.57 Å². The summed E-state index contributed by atoms with van der Waals surface area (Å²) < 4.78 is 2.41. The van der Waals surface area contributed by atoms with E-state index in [1.54, 1.807) is 0 Å². The maximum Gasteiger partial charge on any atom is 0.0725 e. The molecule has 0 bridgehead atoms. The van der Waals surface area contributed by atoms with Crippen LogP contribution in [0.1, 0.15) is 22.3 Å². The third-order valence-corrected chi connectivity index (χ3v) is 14.8. The molecule has 12 aromatic rings. The first-order valence-corrected chi connectivity index (χ1v) is 23.9. The van der Waals surface area contributed by atoms with Crippen LogP contribution < -0.4 is 4.90 Å². The number of benzene rings is 11. The van der Waals surface area contributed by atoms with Crippen molar-refractivity contribution < 1.29 is 0 Å². The van der Waals surface area contributed by atoms with Crippen molar-refractivity contribution in [2.75, 3.05) is 4.90 Å². The lowest BCUT2D eigenvalue weighted by atomic mass is 9.70. The molecule has 0 radical (unpaired) electrons. The van der Waals surface area contributed by atoms with Gasteiger partial charge < -0.3 is 9.47 Å². The van der Waals surface area contributed by atoms with Gasteiger partial charge in [-0.2, -0.15) is 0 Å². The van der Waals surface area contributed by atoms with Crippen molar-refractivity contribution in [1.82, 2.24) is 4.57 Å². The van der Waals surface area contributed by atoms with Crippen molar-refractivity contribution >= 4 is 38.9 Å². The molecule has 1 aromatic heterocycles. The summed E-state index contributed by atoms with van der Waals surface area (Å²) in [5.41, 5.74) is 24.2. The molecule has 0 saturated heterocycles. The highest BCUT2D eigenvalue weighted by molar-refractivity contribution is 6.16. The van der Waals surface area contributed by atoms with Crippen molar-refractivity contribution in [3.05, 3.63) is 289 Å². The van der Waals surface area contributed by atoms with Crippen LogP contribution in [0.2, 0.25) is 0 Å². The predicted octanol–water partition coefficient (Wildman–Crippen LogP) is 17.6. The molecule has 0 amide bonds. The minimum Gasteiger partial charge on any atom is -0.311 e. The number of hydrogen-bond donors (Lipinski definition) is 0. The molecular formula is C67H44N2.